The van der Waals surface area contributed by atoms with Crippen LogP contribution in [0.3, 0.4) is 0 Å². The van der Waals surface area contributed by atoms with E-state index in [0.29, 0.717) is 37.6 Å². The van der Waals surface area contributed by atoms with E-state index in [-0.39, 0.29) is 29.9 Å². The van der Waals surface area contributed by atoms with Crippen molar-refractivity contribution in [3.05, 3.63) is 60.1 Å². The molecule has 0 spiro atoms. The summed E-state index contributed by atoms with van der Waals surface area (Å²) in [5.74, 6) is 0.308. The number of nitrogens with zero attached hydrogens (tertiary/aromatic N) is 3. The SMILES string of the molecule is O=C(NCc1ccco1)c1nc(C(=O)N2CCOCC2)n2ccccc12. The van der Waals surface area contributed by atoms with Gasteiger partial charge < -0.3 is 19.4 Å². The first-order chi connectivity index (χ1) is 12.7. The summed E-state index contributed by atoms with van der Waals surface area (Å²) in [7, 11) is 0. The zero-order chi connectivity index (χ0) is 17.9. The zero-order valence-electron chi connectivity index (χ0n) is 14.1. The molecule has 8 nitrogen and oxygen atoms in total. The summed E-state index contributed by atoms with van der Waals surface area (Å²) in [4.78, 5) is 31.5. The first-order valence-electron chi connectivity index (χ1n) is 8.39. The minimum absolute atomic E-state index is 0.209. The van der Waals surface area contributed by atoms with Gasteiger partial charge in [-0.05, 0) is 24.3 Å². The minimum Gasteiger partial charge on any atom is -0.467 e. The molecular weight excluding hydrogens is 336 g/mol. The van der Waals surface area contributed by atoms with Crippen LogP contribution < -0.4 is 5.32 Å². The molecule has 0 radical (unpaired) electrons. The smallest absolute Gasteiger partial charge is 0.290 e. The first kappa shape index (κ1) is 16.3. The molecule has 1 N–H and O–H groups in total. The molecule has 26 heavy (non-hydrogen) atoms. The molecule has 1 aliphatic rings. The Balaban J connectivity index is 1.63. The molecule has 0 bridgehead atoms. The topological polar surface area (TPSA) is 89.1 Å². The molecule has 3 aromatic rings. The summed E-state index contributed by atoms with van der Waals surface area (Å²) in [6.07, 6.45) is 3.28. The lowest BCUT2D eigenvalue weighted by molar-refractivity contribution is 0.0294. The second-order valence-electron chi connectivity index (χ2n) is 5.91. The van der Waals surface area contributed by atoms with Crippen molar-refractivity contribution in [2.24, 2.45) is 0 Å². The van der Waals surface area contributed by atoms with E-state index < -0.39 is 0 Å². The van der Waals surface area contributed by atoms with Gasteiger partial charge in [-0.25, -0.2) is 4.98 Å². The number of fused-ring (bicyclic) bond motifs is 1. The molecule has 1 aliphatic heterocycles. The molecule has 0 unspecified atom stereocenters. The quantitative estimate of drug-likeness (QED) is 0.763. The first-order valence-corrected chi connectivity index (χ1v) is 8.39. The number of hydrogen-bond donors (Lipinski definition) is 1. The summed E-state index contributed by atoms with van der Waals surface area (Å²) >= 11 is 0. The van der Waals surface area contributed by atoms with Crippen LogP contribution in [0.1, 0.15) is 26.9 Å². The van der Waals surface area contributed by atoms with Crippen LogP contribution in [0, 0.1) is 0 Å². The van der Waals surface area contributed by atoms with Crippen molar-refractivity contribution in [1.82, 2.24) is 19.6 Å². The van der Waals surface area contributed by atoms with E-state index in [1.165, 1.54) is 0 Å². The maximum Gasteiger partial charge on any atom is 0.290 e. The second kappa shape index (κ2) is 7.01. The minimum atomic E-state index is -0.355. The third-order valence-corrected chi connectivity index (χ3v) is 4.26. The van der Waals surface area contributed by atoms with Crippen LogP contribution in [-0.4, -0.2) is 52.4 Å². The highest BCUT2D eigenvalue weighted by atomic mass is 16.5. The number of furan rings is 1. The number of nitrogens with one attached hydrogen (secondary N) is 1. The largest absolute Gasteiger partial charge is 0.467 e. The molecule has 4 heterocycles. The van der Waals surface area contributed by atoms with Gasteiger partial charge in [0, 0.05) is 19.3 Å². The molecule has 134 valence electrons. The summed E-state index contributed by atoms with van der Waals surface area (Å²) in [6, 6.07) is 8.91. The van der Waals surface area contributed by atoms with E-state index in [2.05, 4.69) is 10.3 Å². The Bertz CT molecular complexity index is 926. The number of hydrogen-bond acceptors (Lipinski definition) is 5. The highest BCUT2D eigenvalue weighted by Gasteiger charge is 2.26. The number of imidazole rings is 1. The number of morpholine rings is 1. The fourth-order valence-electron chi connectivity index (χ4n) is 2.93. The highest BCUT2D eigenvalue weighted by molar-refractivity contribution is 6.02. The van der Waals surface area contributed by atoms with Crippen LogP contribution in [0.15, 0.2) is 47.2 Å². The molecule has 0 aromatic carbocycles. The fourth-order valence-corrected chi connectivity index (χ4v) is 2.93. The molecule has 1 saturated heterocycles. The maximum absolute atomic E-state index is 12.8. The van der Waals surface area contributed by atoms with Gasteiger partial charge in [-0.2, -0.15) is 0 Å². The van der Waals surface area contributed by atoms with Crippen LogP contribution in [-0.2, 0) is 11.3 Å². The van der Waals surface area contributed by atoms with Gasteiger partial charge in [0.2, 0.25) is 5.82 Å². The number of carbonyl (C=O) groups excluding carboxylic acids is 2. The number of aromatic nitrogens is 2. The van der Waals surface area contributed by atoms with Crippen molar-refractivity contribution in [1.29, 1.82) is 0 Å². The van der Waals surface area contributed by atoms with E-state index in [0.717, 1.165) is 0 Å². The molecular formula is C18H18N4O4. The molecule has 0 aliphatic carbocycles. The van der Waals surface area contributed by atoms with Crippen LogP contribution in [0.4, 0.5) is 0 Å². The van der Waals surface area contributed by atoms with E-state index in [4.69, 9.17) is 9.15 Å². The summed E-state index contributed by atoms with van der Waals surface area (Å²) < 4.78 is 12.2. The van der Waals surface area contributed by atoms with E-state index in [1.54, 1.807) is 46.0 Å². The van der Waals surface area contributed by atoms with Gasteiger partial charge in [0.05, 0.1) is 31.5 Å². The average Bonchev–Trinajstić information content (AvgIpc) is 3.34. The average molecular weight is 354 g/mol. The maximum atomic E-state index is 12.8. The lowest BCUT2D eigenvalue weighted by Gasteiger charge is -2.26. The van der Waals surface area contributed by atoms with Gasteiger partial charge in [-0.15, -0.1) is 0 Å². The Labute approximate surface area is 149 Å². The van der Waals surface area contributed by atoms with Gasteiger partial charge in [0.1, 0.15) is 5.76 Å². The number of carbonyl (C=O) groups is 2. The van der Waals surface area contributed by atoms with Gasteiger partial charge in [-0.1, -0.05) is 6.07 Å². The van der Waals surface area contributed by atoms with Gasteiger partial charge in [0.15, 0.2) is 5.69 Å². The number of rotatable bonds is 4. The highest BCUT2D eigenvalue weighted by Crippen LogP contribution is 2.16. The molecule has 4 rings (SSSR count). The standard InChI is InChI=1S/C18H18N4O4/c23-17(19-12-13-4-3-9-26-13)15-14-5-1-2-6-22(14)16(20-15)18(24)21-7-10-25-11-8-21/h1-6,9H,7-8,10-12H2,(H,19,23). The Morgan fingerprint density at radius 1 is 1.15 bits per heavy atom. The molecule has 8 heteroatoms. The van der Waals surface area contributed by atoms with Gasteiger partial charge in [-0.3, -0.25) is 14.0 Å². The summed E-state index contributed by atoms with van der Waals surface area (Å²) in [6.45, 7) is 2.29. The predicted molar refractivity (Wildman–Crippen MR) is 91.8 cm³/mol. The Kier molecular flexibility index (Phi) is 4.40. The molecule has 2 amide bonds. The van der Waals surface area contributed by atoms with Crippen LogP contribution in [0.2, 0.25) is 0 Å². The van der Waals surface area contributed by atoms with Crippen molar-refractivity contribution in [2.45, 2.75) is 6.54 Å². The third kappa shape index (κ3) is 3.06. The third-order valence-electron chi connectivity index (χ3n) is 4.26. The van der Waals surface area contributed by atoms with Crippen LogP contribution in [0.5, 0.6) is 0 Å². The normalized spacial score (nSPS) is 14.5. The monoisotopic (exact) mass is 354 g/mol. The molecule has 3 aromatic heterocycles. The van der Waals surface area contributed by atoms with Crippen molar-refractivity contribution in [3.63, 3.8) is 0 Å². The van der Waals surface area contributed by atoms with E-state index >= 15 is 0 Å². The van der Waals surface area contributed by atoms with Crippen molar-refractivity contribution >= 4 is 17.3 Å². The fraction of sp³-hybridized carbons (Fsp3) is 0.278. The Morgan fingerprint density at radius 3 is 2.77 bits per heavy atom. The molecule has 1 fully saturated rings. The second-order valence-corrected chi connectivity index (χ2v) is 5.91. The Hall–Kier alpha value is -3.13. The lowest BCUT2D eigenvalue weighted by atomic mass is 10.3. The van der Waals surface area contributed by atoms with Crippen LogP contribution >= 0.6 is 0 Å². The summed E-state index contributed by atoms with van der Waals surface area (Å²) in [5.41, 5.74) is 0.801. The zero-order valence-corrected chi connectivity index (χ0v) is 14.1. The Morgan fingerprint density at radius 2 is 2.00 bits per heavy atom. The lowest BCUT2D eigenvalue weighted by Crippen LogP contribution is -2.41. The van der Waals surface area contributed by atoms with Crippen molar-refractivity contribution < 1.29 is 18.7 Å². The molecule has 0 atom stereocenters. The van der Waals surface area contributed by atoms with E-state index in [1.807, 2.05) is 6.07 Å². The number of amides is 2. The van der Waals surface area contributed by atoms with Gasteiger partial charge >= 0.3 is 0 Å². The van der Waals surface area contributed by atoms with E-state index in [9.17, 15) is 9.59 Å². The predicted octanol–water partition coefficient (Wildman–Crippen LogP) is 1.33. The number of pyridine rings is 1. The number of ether oxygens (including phenoxy) is 1. The summed E-state index contributed by atoms with van der Waals surface area (Å²) in [5, 5.41) is 2.77. The van der Waals surface area contributed by atoms with Crippen molar-refractivity contribution in [2.75, 3.05) is 26.3 Å². The molecule has 0 saturated carbocycles. The van der Waals surface area contributed by atoms with Crippen molar-refractivity contribution in [3.8, 4) is 0 Å². The van der Waals surface area contributed by atoms with Crippen LogP contribution in [0.25, 0.3) is 5.52 Å². The van der Waals surface area contributed by atoms with Gasteiger partial charge in [0.25, 0.3) is 11.8 Å².